The van der Waals surface area contributed by atoms with Gasteiger partial charge in [0, 0.05) is 6.54 Å². The summed E-state index contributed by atoms with van der Waals surface area (Å²) in [5.74, 6) is 6.42. The Kier molecular flexibility index (Phi) is 4.90. The van der Waals surface area contributed by atoms with Crippen LogP contribution >= 0.6 is 0 Å². The molecule has 1 aromatic rings. The Bertz CT molecular complexity index is 531. The van der Waals surface area contributed by atoms with Gasteiger partial charge >= 0.3 is 0 Å². The molecular weight excluding hydrogens is 278 g/mol. The first-order valence-electron chi connectivity index (χ1n) is 6.79. The second-order valence-corrected chi connectivity index (χ2v) is 7.14. The number of sulfonamides is 1. The van der Waals surface area contributed by atoms with Crippen LogP contribution in [0.25, 0.3) is 0 Å². The molecule has 0 amide bonds. The van der Waals surface area contributed by atoms with Crippen LogP contribution < -0.4 is 16.0 Å². The minimum atomic E-state index is -3.55. The van der Waals surface area contributed by atoms with Gasteiger partial charge in [-0.1, -0.05) is 19.8 Å². The monoisotopic (exact) mass is 299 g/mol. The quantitative estimate of drug-likeness (QED) is 0.549. The van der Waals surface area contributed by atoms with Crippen LogP contribution in [-0.2, 0) is 10.0 Å². The molecule has 112 valence electrons. The van der Waals surface area contributed by atoms with Crippen LogP contribution in [0.4, 0.5) is 5.95 Å². The Labute approximate surface area is 119 Å². The summed E-state index contributed by atoms with van der Waals surface area (Å²) in [6, 6.07) is 0. The van der Waals surface area contributed by atoms with E-state index in [1.807, 2.05) is 0 Å². The summed E-state index contributed by atoms with van der Waals surface area (Å²) >= 11 is 0. The van der Waals surface area contributed by atoms with Crippen molar-refractivity contribution in [3.05, 3.63) is 12.4 Å². The second kappa shape index (κ2) is 6.47. The number of aromatic nitrogens is 2. The summed E-state index contributed by atoms with van der Waals surface area (Å²) in [7, 11) is -3.55. The van der Waals surface area contributed by atoms with E-state index in [-0.39, 0.29) is 10.8 Å². The van der Waals surface area contributed by atoms with E-state index in [2.05, 4.69) is 27.0 Å². The Morgan fingerprint density at radius 2 is 2.05 bits per heavy atom. The number of rotatable bonds is 5. The first-order chi connectivity index (χ1) is 9.51. The highest BCUT2D eigenvalue weighted by Crippen LogP contribution is 2.28. The van der Waals surface area contributed by atoms with Crippen molar-refractivity contribution in [2.75, 3.05) is 12.0 Å². The van der Waals surface area contributed by atoms with Crippen molar-refractivity contribution in [1.82, 2.24) is 14.7 Å². The lowest BCUT2D eigenvalue weighted by atomic mass is 9.83. The maximum atomic E-state index is 12.1. The van der Waals surface area contributed by atoms with E-state index < -0.39 is 10.0 Å². The van der Waals surface area contributed by atoms with E-state index in [1.165, 1.54) is 25.2 Å². The number of hydrazine groups is 1. The predicted octanol–water partition coefficient (Wildman–Crippen LogP) is 0.867. The molecule has 4 N–H and O–H groups in total. The average Bonchev–Trinajstić information content (AvgIpc) is 2.45. The summed E-state index contributed by atoms with van der Waals surface area (Å²) in [5.41, 5.74) is 2.26. The molecule has 7 nitrogen and oxygen atoms in total. The highest BCUT2D eigenvalue weighted by Gasteiger charge is 2.22. The van der Waals surface area contributed by atoms with Crippen molar-refractivity contribution in [3.63, 3.8) is 0 Å². The van der Waals surface area contributed by atoms with Crippen LogP contribution in [0.5, 0.6) is 0 Å². The molecule has 1 aliphatic rings. The van der Waals surface area contributed by atoms with Gasteiger partial charge in [0.25, 0.3) is 0 Å². The molecule has 0 aromatic carbocycles. The molecule has 8 heteroatoms. The highest BCUT2D eigenvalue weighted by atomic mass is 32.2. The summed E-state index contributed by atoms with van der Waals surface area (Å²) in [4.78, 5) is 7.66. The van der Waals surface area contributed by atoms with Gasteiger partial charge in [-0.05, 0) is 24.7 Å². The van der Waals surface area contributed by atoms with Gasteiger partial charge < -0.3 is 0 Å². The summed E-state index contributed by atoms with van der Waals surface area (Å²) in [6.45, 7) is 2.69. The highest BCUT2D eigenvalue weighted by molar-refractivity contribution is 7.89. The lowest BCUT2D eigenvalue weighted by Gasteiger charge is -2.26. The molecule has 1 aromatic heterocycles. The van der Waals surface area contributed by atoms with Crippen molar-refractivity contribution in [3.8, 4) is 0 Å². The van der Waals surface area contributed by atoms with Crippen LogP contribution in [0.1, 0.15) is 32.6 Å². The predicted molar refractivity (Wildman–Crippen MR) is 76.2 cm³/mol. The van der Waals surface area contributed by atoms with Gasteiger partial charge in [0.05, 0.1) is 12.4 Å². The van der Waals surface area contributed by atoms with Gasteiger partial charge in [0.15, 0.2) is 0 Å². The number of nitrogens with one attached hydrogen (secondary N) is 2. The van der Waals surface area contributed by atoms with Crippen LogP contribution in [0.15, 0.2) is 17.3 Å². The first-order valence-corrected chi connectivity index (χ1v) is 8.28. The van der Waals surface area contributed by atoms with E-state index in [1.54, 1.807) is 0 Å². The Morgan fingerprint density at radius 1 is 1.35 bits per heavy atom. The smallest absolute Gasteiger partial charge is 0.243 e. The van der Waals surface area contributed by atoms with Crippen molar-refractivity contribution < 1.29 is 8.42 Å². The normalized spacial score (nSPS) is 23.5. The maximum Gasteiger partial charge on any atom is 0.243 e. The number of nitrogens with zero attached hydrogens (tertiary/aromatic N) is 2. The van der Waals surface area contributed by atoms with Gasteiger partial charge in [-0.3, -0.25) is 5.43 Å². The topological polar surface area (TPSA) is 110 Å². The standard InChI is InChI=1S/C12H21N5O2S/c1-9-3-2-4-10(5-9)6-16-20(18,19)11-7-14-12(17-13)15-8-11/h7-10,16H,2-6,13H2,1H3,(H,14,15,17). The van der Waals surface area contributed by atoms with E-state index in [0.717, 1.165) is 12.8 Å². The van der Waals surface area contributed by atoms with Crippen LogP contribution in [-0.4, -0.2) is 24.9 Å². The van der Waals surface area contributed by atoms with Crippen LogP contribution in [0, 0.1) is 11.8 Å². The van der Waals surface area contributed by atoms with E-state index in [0.29, 0.717) is 18.4 Å². The SMILES string of the molecule is CC1CCCC(CNS(=O)(=O)c2cnc(NN)nc2)C1. The van der Waals surface area contributed by atoms with Crippen LogP contribution in [0.3, 0.4) is 0 Å². The van der Waals surface area contributed by atoms with E-state index in [4.69, 9.17) is 5.84 Å². The lowest BCUT2D eigenvalue weighted by Crippen LogP contribution is -2.31. The molecule has 1 saturated carbocycles. The molecule has 2 atom stereocenters. The van der Waals surface area contributed by atoms with Crippen molar-refractivity contribution in [1.29, 1.82) is 0 Å². The van der Waals surface area contributed by atoms with Crippen molar-refractivity contribution in [2.24, 2.45) is 17.7 Å². The number of nitrogen functional groups attached to an aromatic ring is 1. The van der Waals surface area contributed by atoms with E-state index in [9.17, 15) is 8.42 Å². The Balaban J connectivity index is 1.96. The largest absolute Gasteiger partial charge is 0.292 e. The third-order valence-corrected chi connectivity index (χ3v) is 5.05. The zero-order valence-corrected chi connectivity index (χ0v) is 12.4. The Morgan fingerprint density at radius 3 is 2.65 bits per heavy atom. The summed E-state index contributed by atoms with van der Waals surface area (Å²) in [5, 5.41) is 0. The number of hydrogen-bond donors (Lipinski definition) is 3. The molecular formula is C12H21N5O2S. The molecule has 20 heavy (non-hydrogen) atoms. The minimum Gasteiger partial charge on any atom is -0.292 e. The van der Waals surface area contributed by atoms with Gasteiger partial charge in [-0.15, -0.1) is 0 Å². The fourth-order valence-corrected chi connectivity index (χ4v) is 3.59. The molecule has 2 unspecified atom stereocenters. The lowest BCUT2D eigenvalue weighted by molar-refractivity contribution is 0.283. The van der Waals surface area contributed by atoms with Crippen molar-refractivity contribution >= 4 is 16.0 Å². The second-order valence-electron chi connectivity index (χ2n) is 5.38. The van der Waals surface area contributed by atoms with Crippen molar-refractivity contribution in [2.45, 2.75) is 37.5 Å². The molecule has 1 fully saturated rings. The third-order valence-electron chi connectivity index (χ3n) is 3.67. The van der Waals surface area contributed by atoms with Gasteiger partial charge in [0.1, 0.15) is 4.90 Å². The zero-order chi connectivity index (χ0) is 14.6. The Hall–Kier alpha value is -1.25. The molecule has 0 saturated heterocycles. The maximum absolute atomic E-state index is 12.1. The summed E-state index contributed by atoms with van der Waals surface area (Å²) < 4.78 is 26.9. The average molecular weight is 299 g/mol. The molecule has 1 heterocycles. The molecule has 2 rings (SSSR count). The van der Waals surface area contributed by atoms with Crippen LogP contribution in [0.2, 0.25) is 0 Å². The number of anilines is 1. The first kappa shape index (κ1) is 15.1. The minimum absolute atomic E-state index is 0.0559. The van der Waals surface area contributed by atoms with Gasteiger partial charge in [0.2, 0.25) is 16.0 Å². The van der Waals surface area contributed by atoms with Gasteiger partial charge in [-0.2, -0.15) is 0 Å². The fourth-order valence-electron chi connectivity index (χ4n) is 2.59. The molecule has 0 radical (unpaired) electrons. The number of nitrogens with two attached hydrogens (primary N) is 1. The summed E-state index contributed by atoms with van der Waals surface area (Å²) in [6.07, 6.45) is 7.06. The molecule has 0 bridgehead atoms. The van der Waals surface area contributed by atoms with E-state index >= 15 is 0 Å². The number of hydrogen-bond acceptors (Lipinski definition) is 6. The molecule has 0 aliphatic heterocycles. The fraction of sp³-hybridized carbons (Fsp3) is 0.667. The van der Waals surface area contributed by atoms with Gasteiger partial charge in [-0.25, -0.2) is 29.0 Å². The third kappa shape index (κ3) is 3.87. The molecule has 1 aliphatic carbocycles. The molecule has 0 spiro atoms. The zero-order valence-electron chi connectivity index (χ0n) is 11.5.